The summed E-state index contributed by atoms with van der Waals surface area (Å²) in [6, 6.07) is 1.07. The molecule has 78 valence electrons. The van der Waals surface area contributed by atoms with Crippen molar-refractivity contribution >= 4 is 8.03 Å². The Balaban J connectivity index is 2.35. The second kappa shape index (κ2) is 5.14. The van der Waals surface area contributed by atoms with Gasteiger partial charge in [0.05, 0.1) is 6.61 Å². The van der Waals surface area contributed by atoms with Gasteiger partial charge in [-0.1, -0.05) is 0 Å². The summed E-state index contributed by atoms with van der Waals surface area (Å²) in [7, 11) is -1.75. The molecule has 0 N–H and O–H groups in total. The molecule has 1 fully saturated rings. The molecule has 0 bridgehead atoms. The van der Waals surface area contributed by atoms with Crippen LogP contribution in [0.25, 0.3) is 0 Å². The smallest absolute Gasteiger partial charge is 0.188 e. The fraction of sp³-hybridized carbons (Fsp3) is 1.00. The summed E-state index contributed by atoms with van der Waals surface area (Å²) in [6.07, 6.45) is 2.43. The van der Waals surface area contributed by atoms with Crippen molar-refractivity contribution in [3.63, 3.8) is 0 Å². The molecule has 3 nitrogen and oxygen atoms in total. The first kappa shape index (κ1) is 11.2. The lowest BCUT2D eigenvalue weighted by Gasteiger charge is -2.27. The molecule has 0 saturated carbocycles. The van der Waals surface area contributed by atoms with Crippen LogP contribution in [0, 0.1) is 0 Å². The minimum absolute atomic E-state index is 0.494. The maximum Gasteiger partial charge on any atom is 0.188 e. The molecule has 1 aliphatic rings. The van der Waals surface area contributed by atoms with E-state index in [9.17, 15) is 4.57 Å². The Hall–Kier alpha value is 0.150. The van der Waals surface area contributed by atoms with Gasteiger partial charge in [-0.05, 0) is 33.2 Å². The number of nitrogens with zero attached hydrogens (tertiary/aromatic N) is 1. The largest absolute Gasteiger partial charge is 0.329 e. The first-order valence-corrected chi connectivity index (χ1v) is 6.82. The summed E-state index contributed by atoms with van der Waals surface area (Å²) < 4.78 is 16.0. The van der Waals surface area contributed by atoms with Crippen LogP contribution in [0.5, 0.6) is 0 Å². The fourth-order valence-corrected chi connectivity index (χ4v) is 2.36. The SMILES string of the molecule is CC(C)N1CCC[C@H]1CO[PH](C)=O. The molecule has 0 amide bonds. The van der Waals surface area contributed by atoms with Gasteiger partial charge in [0.25, 0.3) is 0 Å². The molecular formula is C9H20NO2P. The van der Waals surface area contributed by atoms with Gasteiger partial charge in [0.2, 0.25) is 0 Å². The average molecular weight is 205 g/mol. The molecule has 0 aromatic rings. The van der Waals surface area contributed by atoms with Crippen LogP contribution in [-0.4, -0.2) is 36.8 Å². The van der Waals surface area contributed by atoms with E-state index in [-0.39, 0.29) is 0 Å². The maximum atomic E-state index is 10.8. The van der Waals surface area contributed by atoms with Gasteiger partial charge >= 0.3 is 0 Å². The lowest BCUT2D eigenvalue weighted by atomic mass is 10.2. The van der Waals surface area contributed by atoms with E-state index in [1.807, 2.05) is 0 Å². The number of hydrogen-bond donors (Lipinski definition) is 0. The molecule has 0 aliphatic carbocycles. The minimum atomic E-state index is -1.75. The topological polar surface area (TPSA) is 29.5 Å². The van der Waals surface area contributed by atoms with Gasteiger partial charge in [0.15, 0.2) is 8.03 Å². The van der Waals surface area contributed by atoms with Crippen molar-refractivity contribution in [1.82, 2.24) is 4.90 Å². The van der Waals surface area contributed by atoms with Gasteiger partial charge in [-0.15, -0.1) is 0 Å². The molecule has 1 heterocycles. The van der Waals surface area contributed by atoms with Crippen LogP contribution >= 0.6 is 8.03 Å². The minimum Gasteiger partial charge on any atom is -0.329 e. The van der Waals surface area contributed by atoms with E-state index < -0.39 is 8.03 Å². The Morgan fingerprint density at radius 1 is 1.62 bits per heavy atom. The lowest BCUT2D eigenvalue weighted by Crippen LogP contribution is -2.37. The molecule has 0 radical (unpaired) electrons. The first-order valence-electron chi connectivity index (χ1n) is 5.00. The van der Waals surface area contributed by atoms with Gasteiger partial charge in [-0.3, -0.25) is 9.46 Å². The number of likely N-dealkylation sites (tertiary alicyclic amines) is 1. The van der Waals surface area contributed by atoms with E-state index in [0.29, 0.717) is 18.7 Å². The maximum absolute atomic E-state index is 10.8. The van der Waals surface area contributed by atoms with Gasteiger partial charge in [0, 0.05) is 18.7 Å². The molecule has 4 heteroatoms. The monoisotopic (exact) mass is 205 g/mol. The van der Waals surface area contributed by atoms with Crippen molar-refractivity contribution in [1.29, 1.82) is 0 Å². The quantitative estimate of drug-likeness (QED) is 0.657. The summed E-state index contributed by atoms with van der Waals surface area (Å²) >= 11 is 0. The van der Waals surface area contributed by atoms with Crippen LogP contribution in [0.4, 0.5) is 0 Å². The Morgan fingerprint density at radius 2 is 2.31 bits per heavy atom. The summed E-state index contributed by atoms with van der Waals surface area (Å²) in [5.74, 6) is 0. The van der Waals surface area contributed by atoms with Crippen molar-refractivity contribution in [2.75, 3.05) is 19.8 Å². The zero-order valence-electron chi connectivity index (χ0n) is 8.75. The Kier molecular flexibility index (Phi) is 4.43. The standard InChI is InChI=1S/C9H20NO2P/c1-8(2)10-6-4-5-9(10)7-12-13(3)11/h8-9,13H,4-7H2,1-3H3/t9-/m0/s1. The van der Waals surface area contributed by atoms with E-state index >= 15 is 0 Å². The zero-order valence-corrected chi connectivity index (χ0v) is 9.75. The van der Waals surface area contributed by atoms with Crippen LogP contribution in [0.15, 0.2) is 0 Å². The third-order valence-corrected chi connectivity index (χ3v) is 3.14. The van der Waals surface area contributed by atoms with Gasteiger partial charge in [-0.2, -0.15) is 0 Å². The summed E-state index contributed by atoms with van der Waals surface area (Å²) in [6.45, 7) is 7.86. The second-order valence-corrected chi connectivity index (χ2v) is 5.20. The molecule has 0 aromatic heterocycles. The van der Waals surface area contributed by atoms with E-state index in [4.69, 9.17) is 4.52 Å². The molecule has 0 spiro atoms. The Morgan fingerprint density at radius 3 is 2.85 bits per heavy atom. The van der Waals surface area contributed by atoms with E-state index in [1.165, 1.54) is 12.8 Å². The molecule has 1 saturated heterocycles. The predicted molar refractivity (Wildman–Crippen MR) is 55.7 cm³/mol. The summed E-state index contributed by atoms with van der Waals surface area (Å²) in [4.78, 5) is 2.44. The molecule has 0 aromatic carbocycles. The molecular weight excluding hydrogens is 185 g/mol. The molecule has 1 aliphatic heterocycles. The van der Waals surface area contributed by atoms with E-state index in [2.05, 4.69) is 18.7 Å². The van der Waals surface area contributed by atoms with Crippen molar-refractivity contribution in [2.45, 2.75) is 38.8 Å². The average Bonchev–Trinajstić information content (AvgIpc) is 2.47. The lowest BCUT2D eigenvalue weighted by molar-refractivity contribution is 0.149. The Bertz CT molecular complexity index is 184. The summed E-state index contributed by atoms with van der Waals surface area (Å²) in [5.41, 5.74) is 0. The fourth-order valence-electron chi connectivity index (χ4n) is 1.93. The molecule has 1 unspecified atom stereocenters. The van der Waals surface area contributed by atoms with Crippen molar-refractivity contribution in [3.05, 3.63) is 0 Å². The van der Waals surface area contributed by atoms with Gasteiger partial charge < -0.3 is 4.52 Å². The highest BCUT2D eigenvalue weighted by Crippen LogP contribution is 2.24. The van der Waals surface area contributed by atoms with Crippen LogP contribution < -0.4 is 0 Å². The van der Waals surface area contributed by atoms with Gasteiger partial charge in [0.1, 0.15) is 0 Å². The van der Waals surface area contributed by atoms with Crippen LogP contribution in [0.3, 0.4) is 0 Å². The van der Waals surface area contributed by atoms with Crippen molar-refractivity contribution in [3.8, 4) is 0 Å². The Labute approximate surface area is 81.3 Å². The third kappa shape index (κ3) is 3.41. The van der Waals surface area contributed by atoms with Crippen LogP contribution in [-0.2, 0) is 9.09 Å². The summed E-state index contributed by atoms with van der Waals surface area (Å²) in [5, 5.41) is 0. The highest BCUT2D eigenvalue weighted by atomic mass is 31.1. The van der Waals surface area contributed by atoms with E-state index in [1.54, 1.807) is 6.66 Å². The second-order valence-electron chi connectivity index (χ2n) is 3.93. The highest BCUT2D eigenvalue weighted by Gasteiger charge is 2.26. The zero-order chi connectivity index (χ0) is 9.84. The normalized spacial score (nSPS) is 26.9. The highest BCUT2D eigenvalue weighted by molar-refractivity contribution is 7.38. The third-order valence-electron chi connectivity index (χ3n) is 2.56. The van der Waals surface area contributed by atoms with Gasteiger partial charge in [-0.25, -0.2) is 0 Å². The van der Waals surface area contributed by atoms with Crippen LogP contribution in [0.2, 0.25) is 0 Å². The number of hydrogen-bond acceptors (Lipinski definition) is 3. The molecule has 2 atom stereocenters. The van der Waals surface area contributed by atoms with E-state index in [0.717, 1.165) is 6.54 Å². The predicted octanol–water partition coefficient (Wildman–Crippen LogP) is 1.98. The molecule has 13 heavy (non-hydrogen) atoms. The molecule has 1 rings (SSSR count). The van der Waals surface area contributed by atoms with Crippen molar-refractivity contribution < 1.29 is 9.09 Å². The van der Waals surface area contributed by atoms with Crippen LogP contribution in [0.1, 0.15) is 26.7 Å². The number of rotatable bonds is 4. The first-order chi connectivity index (χ1) is 6.11. The van der Waals surface area contributed by atoms with Crippen molar-refractivity contribution in [2.24, 2.45) is 0 Å².